The fourth-order valence-corrected chi connectivity index (χ4v) is 2.01. The van der Waals surface area contributed by atoms with Gasteiger partial charge in [-0.2, -0.15) is 0 Å². The molecule has 0 saturated heterocycles. The normalized spacial score (nSPS) is 14.7. The van der Waals surface area contributed by atoms with Crippen LogP contribution in [0.1, 0.15) is 25.6 Å². The molecule has 18 heavy (non-hydrogen) atoms. The highest BCUT2D eigenvalue weighted by molar-refractivity contribution is 6.42. The second-order valence-corrected chi connectivity index (χ2v) is 5.14. The van der Waals surface area contributed by atoms with Gasteiger partial charge in [0.2, 0.25) is 0 Å². The van der Waals surface area contributed by atoms with E-state index < -0.39 is 11.9 Å². The summed E-state index contributed by atoms with van der Waals surface area (Å²) in [7, 11) is 0. The zero-order valence-corrected chi connectivity index (χ0v) is 11.4. The number of hydrogen-bond acceptors (Lipinski definition) is 2. The Kier molecular flexibility index (Phi) is 3.50. The largest absolute Gasteiger partial charge is 0.481 e. The minimum Gasteiger partial charge on any atom is -0.481 e. The zero-order chi connectivity index (χ0) is 13.4. The second-order valence-electron chi connectivity index (χ2n) is 4.32. The van der Waals surface area contributed by atoms with Gasteiger partial charge in [0, 0.05) is 5.92 Å². The molecule has 0 aliphatic rings. The van der Waals surface area contributed by atoms with Gasteiger partial charge >= 0.3 is 5.97 Å². The predicted octanol–water partition coefficient (Wildman–Crippen LogP) is 3.69. The first kappa shape index (κ1) is 13.2. The van der Waals surface area contributed by atoms with E-state index in [1.165, 1.54) is 0 Å². The van der Waals surface area contributed by atoms with Crippen molar-refractivity contribution >= 4 is 40.2 Å². The number of rotatable bonds is 3. The summed E-state index contributed by atoms with van der Waals surface area (Å²) in [6.07, 6.45) is 0. The standard InChI is InChI=1S/C12H12Cl2N2O2/c1-5(6(2)12(17)18)11-15-9-3-7(13)8(14)4-10(9)16-11/h3-6H,1-2H3,(H,15,16)(H,17,18). The molecular weight excluding hydrogens is 275 g/mol. The number of carboxylic acid groups (broad SMARTS) is 1. The van der Waals surface area contributed by atoms with Gasteiger partial charge in [-0.25, -0.2) is 4.98 Å². The number of aromatic amines is 1. The van der Waals surface area contributed by atoms with Crippen LogP contribution in [0.5, 0.6) is 0 Å². The Morgan fingerprint density at radius 1 is 1.33 bits per heavy atom. The lowest BCUT2D eigenvalue weighted by Crippen LogP contribution is -2.17. The minimum absolute atomic E-state index is 0.215. The molecule has 2 N–H and O–H groups in total. The quantitative estimate of drug-likeness (QED) is 0.904. The van der Waals surface area contributed by atoms with Gasteiger partial charge in [0.1, 0.15) is 5.82 Å². The van der Waals surface area contributed by atoms with E-state index in [0.717, 1.165) is 5.52 Å². The number of hydrogen-bond donors (Lipinski definition) is 2. The number of aliphatic carboxylic acids is 1. The molecule has 2 atom stereocenters. The molecule has 1 aromatic carbocycles. The smallest absolute Gasteiger partial charge is 0.306 e. The highest BCUT2D eigenvalue weighted by atomic mass is 35.5. The van der Waals surface area contributed by atoms with Gasteiger partial charge in [-0.05, 0) is 12.1 Å². The van der Waals surface area contributed by atoms with Gasteiger partial charge in [0.05, 0.1) is 27.0 Å². The summed E-state index contributed by atoms with van der Waals surface area (Å²) in [5.74, 6) is -0.957. The van der Waals surface area contributed by atoms with E-state index in [1.807, 2.05) is 6.92 Å². The molecule has 2 unspecified atom stereocenters. The molecule has 96 valence electrons. The Balaban J connectivity index is 2.44. The number of halogens is 2. The maximum absolute atomic E-state index is 11.0. The predicted molar refractivity (Wildman–Crippen MR) is 71.3 cm³/mol. The molecule has 1 heterocycles. The number of nitrogens with zero attached hydrogens (tertiary/aromatic N) is 1. The molecule has 0 saturated carbocycles. The molecule has 0 amide bonds. The van der Waals surface area contributed by atoms with Crippen LogP contribution in [0.3, 0.4) is 0 Å². The van der Waals surface area contributed by atoms with Crippen molar-refractivity contribution < 1.29 is 9.90 Å². The first-order valence-electron chi connectivity index (χ1n) is 5.47. The van der Waals surface area contributed by atoms with Crippen molar-refractivity contribution in [2.75, 3.05) is 0 Å². The Labute approximate surface area is 114 Å². The molecule has 4 nitrogen and oxygen atoms in total. The van der Waals surface area contributed by atoms with Crippen LogP contribution in [0, 0.1) is 5.92 Å². The lowest BCUT2D eigenvalue weighted by atomic mass is 9.96. The number of imidazole rings is 1. The van der Waals surface area contributed by atoms with E-state index in [1.54, 1.807) is 19.1 Å². The molecule has 0 radical (unpaired) electrons. The summed E-state index contributed by atoms with van der Waals surface area (Å²) in [4.78, 5) is 18.4. The molecule has 2 aromatic rings. The molecule has 0 spiro atoms. The highest BCUT2D eigenvalue weighted by Gasteiger charge is 2.23. The van der Waals surface area contributed by atoms with E-state index in [-0.39, 0.29) is 5.92 Å². The van der Waals surface area contributed by atoms with Gasteiger partial charge in [0.25, 0.3) is 0 Å². The average molecular weight is 287 g/mol. The van der Waals surface area contributed by atoms with Crippen molar-refractivity contribution in [3.63, 3.8) is 0 Å². The Bertz CT molecular complexity index is 570. The number of nitrogens with one attached hydrogen (secondary N) is 1. The third kappa shape index (κ3) is 2.31. The van der Waals surface area contributed by atoms with E-state index in [0.29, 0.717) is 21.4 Å². The van der Waals surface area contributed by atoms with Gasteiger partial charge in [0.15, 0.2) is 0 Å². The fourth-order valence-electron chi connectivity index (χ4n) is 1.69. The summed E-state index contributed by atoms with van der Waals surface area (Å²) in [5.41, 5.74) is 1.44. The van der Waals surface area contributed by atoms with Crippen LogP contribution in [0.4, 0.5) is 0 Å². The van der Waals surface area contributed by atoms with Gasteiger partial charge < -0.3 is 10.1 Å². The number of H-pyrrole nitrogens is 1. The van der Waals surface area contributed by atoms with Crippen molar-refractivity contribution in [1.82, 2.24) is 9.97 Å². The van der Waals surface area contributed by atoms with E-state index in [2.05, 4.69) is 9.97 Å². The zero-order valence-electron chi connectivity index (χ0n) is 9.87. The topological polar surface area (TPSA) is 66.0 Å². The molecule has 0 bridgehead atoms. The SMILES string of the molecule is CC(C(=O)O)C(C)c1nc2cc(Cl)c(Cl)cc2[nH]1. The number of carboxylic acids is 1. The molecule has 2 rings (SSSR count). The summed E-state index contributed by atoms with van der Waals surface area (Å²) < 4.78 is 0. The van der Waals surface area contributed by atoms with Crippen LogP contribution in [-0.4, -0.2) is 21.0 Å². The summed E-state index contributed by atoms with van der Waals surface area (Å²) >= 11 is 11.8. The van der Waals surface area contributed by atoms with Gasteiger partial charge in [-0.15, -0.1) is 0 Å². The molecule has 0 aliphatic heterocycles. The lowest BCUT2D eigenvalue weighted by Gasteiger charge is -2.12. The molecule has 0 aliphatic carbocycles. The van der Waals surface area contributed by atoms with Crippen LogP contribution in [0.2, 0.25) is 10.0 Å². The number of benzene rings is 1. The monoisotopic (exact) mass is 286 g/mol. The number of carbonyl (C=O) groups is 1. The minimum atomic E-state index is -0.848. The maximum atomic E-state index is 11.0. The molecule has 0 fully saturated rings. The molecular formula is C12H12Cl2N2O2. The van der Waals surface area contributed by atoms with Gasteiger partial charge in [-0.1, -0.05) is 37.0 Å². The van der Waals surface area contributed by atoms with Crippen LogP contribution in [0.25, 0.3) is 11.0 Å². The van der Waals surface area contributed by atoms with Crippen molar-refractivity contribution in [2.24, 2.45) is 5.92 Å². The number of aromatic nitrogens is 2. The van der Waals surface area contributed by atoms with Gasteiger partial charge in [-0.3, -0.25) is 4.79 Å². The molecule has 6 heteroatoms. The van der Waals surface area contributed by atoms with Crippen molar-refractivity contribution in [3.8, 4) is 0 Å². The third-order valence-corrected chi connectivity index (χ3v) is 3.84. The summed E-state index contributed by atoms with van der Waals surface area (Å²) in [5, 5.41) is 9.87. The highest BCUT2D eigenvalue weighted by Crippen LogP contribution is 2.29. The summed E-state index contributed by atoms with van der Waals surface area (Å²) in [6.45, 7) is 3.47. The van der Waals surface area contributed by atoms with Crippen LogP contribution >= 0.6 is 23.2 Å². The lowest BCUT2D eigenvalue weighted by molar-refractivity contribution is -0.141. The Morgan fingerprint density at radius 3 is 2.56 bits per heavy atom. The average Bonchev–Trinajstić information content (AvgIpc) is 2.70. The number of fused-ring (bicyclic) bond motifs is 1. The van der Waals surface area contributed by atoms with E-state index in [9.17, 15) is 4.79 Å². The van der Waals surface area contributed by atoms with E-state index >= 15 is 0 Å². The van der Waals surface area contributed by atoms with Crippen LogP contribution < -0.4 is 0 Å². The van der Waals surface area contributed by atoms with Crippen molar-refractivity contribution in [3.05, 3.63) is 28.0 Å². The maximum Gasteiger partial charge on any atom is 0.306 e. The third-order valence-electron chi connectivity index (χ3n) is 3.11. The second kappa shape index (κ2) is 4.78. The van der Waals surface area contributed by atoms with Crippen molar-refractivity contribution in [2.45, 2.75) is 19.8 Å². The summed E-state index contributed by atoms with van der Waals surface area (Å²) in [6, 6.07) is 3.35. The Hall–Kier alpha value is -1.26. The first-order valence-corrected chi connectivity index (χ1v) is 6.23. The Morgan fingerprint density at radius 2 is 1.94 bits per heavy atom. The van der Waals surface area contributed by atoms with Crippen molar-refractivity contribution in [1.29, 1.82) is 0 Å². The van der Waals surface area contributed by atoms with Crippen LogP contribution in [-0.2, 0) is 4.79 Å². The van der Waals surface area contributed by atoms with E-state index in [4.69, 9.17) is 28.3 Å². The van der Waals surface area contributed by atoms with Crippen LogP contribution in [0.15, 0.2) is 12.1 Å². The molecule has 1 aromatic heterocycles. The first-order chi connectivity index (χ1) is 8.40. The fraction of sp³-hybridized carbons (Fsp3) is 0.333.